The highest BCUT2D eigenvalue weighted by molar-refractivity contribution is 7.93. The topological polar surface area (TPSA) is 132 Å². The molecule has 2 aromatic rings. The van der Waals surface area contributed by atoms with Gasteiger partial charge in [-0.2, -0.15) is 34.8 Å². The minimum absolute atomic E-state index is 0.00111. The maximum atomic E-state index is 13.7. The highest BCUT2D eigenvalue weighted by Crippen LogP contribution is 2.44. The van der Waals surface area contributed by atoms with Gasteiger partial charge in [0.15, 0.2) is 0 Å². The molecule has 41 heavy (non-hydrogen) atoms. The van der Waals surface area contributed by atoms with E-state index in [1.807, 2.05) is 0 Å². The van der Waals surface area contributed by atoms with Crippen molar-refractivity contribution in [3.8, 4) is 10.8 Å². The van der Waals surface area contributed by atoms with Gasteiger partial charge in [-0.1, -0.05) is 17.4 Å². The highest BCUT2D eigenvalue weighted by Gasteiger charge is 2.51. The van der Waals surface area contributed by atoms with Gasteiger partial charge in [-0.05, 0) is 44.9 Å². The monoisotopic (exact) mass is 634 g/mol. The molecular weight excluding hydrogens is 610 g/mol. The largest absolute Gasteiger partial charge is 0.486 e. The molecule has 0 amide bonds. The molecule has 1 N–H and O–H groups in total. The number of thiazole rings is 1. The molecule has 228 valence electrons. The van der Waals surface area contributed by atoms with Gasteiger partial charge in [0.25, 0.3) is 10.0 Å². The molecule has 0 spiro atoms. The average molecular weight is 635 g/mol. The Kier molecular flexibility index (Phi) is 9.07. The number of anilines is 1. The number of nitrogens with zero attached hydrogens (tertiary/aromatic N) is 2. The molecule has 10 nitrogen and oxygen atoms in total. The van der Waals surface area contributed by atoms with Crippen LogP contribution in [0.3, 0.4) is 0 Å². The molecule has 1 aliphatic heterocycles. The molecule has 0 radical (unpaired) electrons. The van der Waals surface area contributed by atoms with E-state index in [4.69, 9.17) is 14.6 Å². The van der Waals surface area contributed by atoms with Crippen molar-refractivity contribution in [1.82, 2.24) is 4.98 Å². The Morgan fingerprint density at radius 3 is 2.41 bits per heavy atom. The van der Waals surface area contributed by atoms with Crippen molar-refractivity contribution in [3.05, 3.63) is 28.8 Å². The zero-order valence-corrected chi connectivity index (χ0v) is 23.3. The van der Waals surface area contributed by atoms with Gasteiger partial charge in [0.2, 0.25) is 20.7 Å². The van der Waals surface area contributed by atoms with Crippen LogP contribution in [0.25, 0.3) is 0 Å². The molecule has 0 bridgehead atoms. The second-order valence-electron chi connectivity index (χ2n) is 9.21. The van der Waals surface area contributed by atoms with Crippen LogP contribution in [0.1, 0.15) is 44.2 Å². The summed E-state index contributed by atoms with van der Waals surface area (Å²) in [5, 5.41) is 5.87. The minimum atomic E-state index is -4.99. The van der Waals surface area contributed by atoms with Crippen molar-refractivity contribution >= 4 is 39.0 Å². The number of aliphatic carboxylic acids is 1. The first-order valence-corrected chi connectivity index (χ1v) is 14.1. The first kappa shape index (κ1) is 32.2. The molecule has 18 heteroatoms. The molecular formula is C23H24F6N2O8S2. The number of ether oxygens (including phenoxy) is 3. The van der Waals surface area contributed by atoms with Crippen molar-refractivity contribution < 1.29 is 63.7 Å². The van der Waals surface area contributed by atoms with E-state index in [-0.39, 0.29) is 41.4 Å². The Morgan fingerprint density at radius 2 is 1.85 bits per heavy atom. The second-order valence-corrected chi connectivity index (χ2v) is 12.0. The van der Waals surface area contributed by atoms with Crippen LogP contribution >= 0.6 is 11.3 Å². The SMILES string of the molecule is CCOc1sc(C(F)(F)F)nc1S(=O)(=O)N1C[C@H](CCC(=O)O)Oc2ccc(CC(=O)OC(C)(C)C(F)(F)F)cc21. The van der Waals surface area contributed by atoms with E-state index in [1.165, 1.54) is 19.1 Å². The number of carbonyl (C=O) groups is 2. The molecule has 0 saturated heterocycles. The van der Waals surface area contributed by atoms with Gasteiger partial charge in [-0.3, -0.25) is 13.9 Å². The fraction of sp³-hybridized carbons (Fsp3) is 0.522. The summed E-state index contributed by atoms with van der Waals surface area (Å²) in [4.78, 5) is 26.6. The molecule has 3 rings (SSSR count). The summed E-state index contributed by atoms with van der Waals surface area (Å²) in [6, 6.07) is 3.55. The number of hydrogen-bond acceptors (Lipinski definition) is 9. The van der Waals surface area contributed by atoms with E-state index in [9.17, 15) is 44.3 Å². The van der Waals surface area contributed by atoms with Gasteiger partial charge in [-0.25, -0.2) is 4.98 Å². The first-order valence-electron chi connectivity index (χ1n) is 11.8. The zero-order chi connectivity index (χ0) is 31.0. The summed E-state index contributed by atoms with van der Waals surface area (Å²) in [5.74, 6) is -2.63. The van der Waals surface area contributed by atoms with Crippen LogP contribution in [0.5, 0.6) is 10.8 Å². The van der Waals surface area contributed by atoms with Crippen LogP contribution in [0, 0.1) is 0 Å². The molecule has 0 aliphatic carbocycles. The Hall–Kier alpha value is -3.28. The van der Waals surface area contributed by atoms with Gasteiger partial charge in [-0.15, -0.1) is 0 Å². The summed E-state index contributed by atoms with van der Waals surface area (Å²) < 4.78 is 123. The van der Waals surface area contributed by atoms with Crippen LogP contribution in [0.4, 0.5) is 32.0 Å². The molecule has 1 aromatic carbocycles. The number of rotatable bonds is 10. The Morgan fingerprint density at radius 1 is 1.20 bits per heavy atom. The number of fused-ring (bicyclic) bond motifs is 1. The average Bonchev–Trinajstić information content (AvgIpc) is 3.27. The molecule has 1 atom stereocenters. The number of carbonyl (C=O) groups excluding carboxylic acids is 1. The lowest BCUT2D eigenvalue weighted by molar-refractivity contribution is -0.257. The summed E-state index contributed by atoms with van der Waals surface area (Å²) in [5.41, 5.74) is -3.08. The number of aromatic nitrogens is 1. The van der Waals surface area contributed by atoms with Crippen molar-refractivity contribution in [2.24, 2.45) is 0 Å². The summed E-state index contributed by atoms with van der Waals surface area (Å²) in [7, 11) is -4.92. The summed E-state index contributed by atoms with van der Waals surface area (Å²) in [6.45, 7) is 1.97. The maximum Gasteiger partial charge on any atom is 0.443 e. The Labute approximate surface area is 233 Å². The maximum absolute atomic E-state index is 13.7. The molecule has 0 unspecified atom stereocenters. The zero-order valence-electron chi connectivity index (χ0n) is 21.6. The highest BCUT2D eigenvalue weighted by atomic mass is 32.2. The van der Waals surface area contributed by atoms with Crippen LogP contribution < -0.4 is 13.8 Å². The van der Waals surface area contributed by atoms with Crippen molar-refractivity contribution in [2.75, 3.05) is 17.5 Å². The standard InChI is InChI=1S/C23H24F6N2O8S2/c1-4-37-19-18(30-20(40-19)22(24,25)26)41(35,36)31-11-13(6-8-16(32)33)38-15-7-5-12(9-14(15)31)10-17(34)39-21(2,3)23(27,28)29/h5,7,9,13H,4,6,8,10-11H2,1-3H3,(H,32,33)/t13-/m0/s1. The number of carboxylic acids is 1. The van der Waals surface area contributed by atoms with E-state index in [1.54, 1.807) is 0 Å². The third kappa shape index (κ3) is 7.33. The summed E-state index contributed by atoms with van der Waals surface area (Å²) >= 11 is -0.0293. The minimum Gasteiger partial charge on any atom is -0.486 e. The predicted octanol–water partition coefficient (Wildman–Crippen LogP) is 4.81. The van der Waals surface area contributed by atoms with Crippen molar-refractivity contribution in [2.45, 2.75) is 69.1 Å². The number of halogens is 6. The number of hydrogen-bond donors (Lipinski definition) is 1. The van der Waals surface area contributed by atoms with Gasteiger partial charge in [0.05, 0.1) is 25.3 Å². The number of alkyl halides is 6. The van der Waals surface area contributed by atoms with E-state index >= 15 is 0 Å². The molecule has 0 saturated carbocycles. The Bertz CT molecular complexity index is 1410. The van der Waals surface area contributed by atoms with E-state index in [0.29, 0.717) is 18.2 Å². The molecule has 0 fully saturated rings. The van der Waals surface area contributed by atoms with E-state index < -0.39 is 80.5 Å². The number of benzene rings is 1. The summed E-state index contributed by atoms with van der Waals surface area (Å²) in [6.07, 6.45) is -12.2. The number of esters is 1. The van der Waals surface area contributed by atoms with E-state index in [0.717, 1.165) is 6.07 Å². The molecule has 1 aromatic heterocycles. The quantitative estimate of drug-likeness (QED) is 0.289. The first-order chi connectivity index (χ1) is 18.8. The van der Waals surface area contributed by atoms with Gasteiger partial charge >= 0.3 is 24.3 Å². The Balaban J connectivity index is 2.05. The third-order valence-corrected chi connectivity index (χ3v) is 8.49. The lowest BCUT2D eigenvalue weighted by Crippen LogP contribution is -2.44. The van der Waals surface area contributed by atoms with Crippen LogP contribution in [-0.2, 0) is 36.9 Å². The van der Waals surface area contributed by atoms with E-state index in [2.05, 4.69) is 9.72 Å². The van der Waals surface area contributed by atoms with Crippen molar-refractivity contribution in [1.29, 1.82) is 0 Å². The lowest BCUT2D eigenvalue weighted by Gasteiger charge is -2.35. The van der Waals surface area contributed by atoms with Crippen LogP contribution in [0.2, 0.25) is 0 Å². The van der Waals surface area contributed by atoms with Crippen LogP contribution in [-0.4, -0.2) is 61.5 Å². The van der Waals surface area contributed by atoms with Gasteiger partial charge in [0, 0.05) is 6.42 Å². The van der Waals surface area contributed by atoms with Gasteiger partial charge in [0.1, 0.15) is 11.9 Å². The number of sulfonamides is 1. The normalized spacial score (nSPS) is 16.1. The third-order valence-electron chi connectivity index (χ3n) is 5.65. The van der Waals surface area contributed by atoms with Crippen LogP contribution in [0.15, 0.2) is 23.2 Å². The van der Waals surface area contributed by atoms with Crippen molar-refractivity contribution in [3.63, 3.8) is 0 Å². The molecule has 2 heterocycles. The fourth-order valence-electron chi connectivity index (χ4n) is 3.58. The molecule has 1 aliphatic rings. The lowest BCUT2D eigenvalue weighted by atomic mass is 10.1. The smallest absolute Gasteiger partial charge is 0.443 e. The predicted molar refractivity (Wildman–Crippen MR) is 130 cm³/mol. The fourth-order valence-corrected chi connectivity index (χ4v) is 6.26. The van der Waals surface area contributed by atoms with Gasteiger partial charge < -0.3 is 19.3 Å². The number of carboxylic acid groups (broad SMARTS) is 1. The second kappa shape index (κ2) is 11.5.